The summed E-state index contributed by atoms with van der Waals surface area (Å²) in [5.41, 5.74) is 7.01. The number of benzene rings is 2. The van der Waals surface area contributed by atoms with Crippen molar-refractivity contribution in [3.05, 3.63) is 63.1 Å². The molecule has 0 saturated heterocycles. The summed E-state index contributed by atoms with van der Waals surface area (Å²) < 4.78 is 5.88. The number of carbonyl (C=O) groups is 2. The van der Waals surface area contributed by atoms with E-state index in [0.29, 0.717) is 5.02 Å². The molecule has 0 aromatic heterocycles. The van der Waals surface area contributed by atoms with Gasteiger partial charge >= 0.3 is 5.97 Å². The Morgan fingerprint density at radius 2 is 2.00 bits per heavy atom. The molecule has 3 N–H and O–H groups in total. The monoisotopic (exact) mass is 410 g/mol. The van der Waals surface area contributed by atoms with E-state index < -0.39 is 18.5 Å². The molecule has 2 aromatic rings. The van der Waals surface area contributed by atoms with E-state index in [1.54, 1.807) is 6.07 Å². The molecule has 0 aliphatic carbocycles. The molecule has 0 fully saturated rings. The van der Waals surface area contributed by atoms with Crippen LogP contribution in [0.15, 0.2) is 46.9 Å². The van der Waals surface area contributed by atoms with Gasteiger partial charge in [0.05, 0.1) is 11.6 Å². The highest BCUT2D eigenvalue weighted by Crippen LogP contribution is 2.22. The number of nitrogens with two attached hydrogens (primary N) is 1. The third-order valence-electron chi connectivity index (χ3n) is 3.32. The highest BCUT2D eigenvalue weighted by molar-refractivity contribution is 9.10. The predicted molar refractivity (Wildman–Crippen MR) is 96.8 cm³/mol. The van der Waals surface area contributed by atoms with E-state index in [1.807, 2.05) is 31.2 Å². The van der Waals surface area contributed by atoms with Crippen molar-refractivity contribution in [2.75, 3.05) is 12.3 Å². The van der Waals surface area contributed by atoms with Gasteiger partial charge in [-0.3, -0.25) is 4.79 Å². The molecular weight excluding hydrogens is 396 g/mol. The first-order chi connectivity index (χ1) is 11.4. The number of amides is 1. The molecule has 0 bridgehead atoms. The summed E-state index contributed by atoms with van der Waals surface area (Å²) in [6.45, 7) is 1.44. The molecule has 0 saturated carbocycles. The van der Waals surface area contributed by atoms with Crippen LogP contribution in [-0.4, -0.2) is 18.5 Å². The van der Waals surface area contributed by atoms with Crippen LogP contribution < -0.4 is 11.1 Å². The molecule has 0 aliphatic rings. The number of rotatable bonds is 5. The maximum atomic E-state index is 12.0. The van der Waals surface area contributed by atoms with E-state index in [1.165, 1.54) is 12.1 Å². The molecule has 126 valence electrons. The van der Waals surface area contributed by atoms with Crippen LogP contribution in [0.25, 0.3) is 0 Å². The van der Waals surface area contributed by atoms with Crippen LogP contribution in [0.2, 0.25) is 5.02 Å². The maximum absolute atomic E-state index is 12.0. The molecule has 24 heavy (non-hydrogen) atoms. The van der Waals surface area contributed by atoms with Gasteiger partial charge in [0.2, 0.25) is 0 Å². The summed E-state index contributed by atoms with van der Waals surface area (Å²) in [7, 11) is 0. The number of esters is 1. The Labute approximate surface area is 153 Å². The van der Waals surface area contributed by atoms with E-state index in [2.05, 4.69) is 21.2 Å². The number of hydrogen-bond acceptors (Lipinski definition) is 4. The summed E-state index contributed by atoms with van der Waals surface area (Å²) in [6.07, 6.45) is 0. The summed E-state index contributed by atoms with van der Waals surface area (Å²) in [4.78, 5) is 23.9. The van der Waals surface area contributed by atoms with Gasteiger partial charge in [-0.05, 0) is 36.8 Å². The second-order valence-electron chi connectivity index (χ2n) is 5.12. The van der Waals surface area contributed by atoms with E-state index in [4.69, 9.17) is 22.1 Å². The second-order valence-corrected chi connectivity index (χ2v) is 6.41. The molecule has 5 nitrogen and oxygen atoms in total. The minimum Gasteiger partial charge on any atom is -0.452 e. The molecule has 2 aromatic carbocycles. The first-order valence-corrected chi connectivity index (χ1v) is 8.31. The Kier molecular flexibility index (Phi) is 6.23. The first-order valence-electron chi connectivity index (χ1n) is 7.14. The molecule has 0 unspecified atom stereocenters. The van der Waals surface area contributed by atoms with Crippen molar-refractivity contribution in [1.82, 2.24) is 5.32 Å². The SMILES string of the molecule is C[C@@H](NC(=O)COC(=O)c1cc(Cl)ccc1N)c1ccccc1Br. The van der Waals surface area contributed by atoms with Crippen molar-refractivity contribution in [3.8, 4) is 0 Å². The summed E-state index contributed by atoms with van der Waals surface area (Å²) in [5.74, 6) is -1.11. The standard InChI is InChI=1S/C17H16BrClN2O3/c1-10(12-4-2-3-5-14(12)18)21-16(22)9-24-17(23)13-8-11(19)6-7-15(13)20/h2-8,10H,9,20H2,1H3,(H,21,22)/t10-/m1/s1. The number of nitrogens with one attached hydrogen (secondary N) is 1. The molecule has 1 atom stereocenters. The summed E-state index contributed by atoms with van der Waals surface area (Å²) in [6, 6.07) is 11.8. The Bertz CT molecular complexity index is 767. The summed E-state index contributed by atoms with van der Waals surface area (Å²) >= 11 is 9.26. The van der Waals surface area contributed by atoms with E-state index in [9.17, 15) is 9.59 Å². The lowest BCUT2D eigenvalue weighted by Crippen LogP contribution is -2.31. The van der Waals surface area contributed by atoms with Crippen LogP contribution in [0.4, 0.5) is 5.69 Å². The van der Waals surface area contributed by atoms with Crippen molar-refractivity contribution in [2.24, 2.45) is 0 Å². The smallest absolute Gasteiger partial charge is 0.340 e. The minimum atomic E-state index is -0.696. The van der Waals surface area contributed by atoms with Crippen LogP contribution in [0, 0.1) is 0 Å². The zero-order valence-electron chi connectivity index (χ0n) is 12.9. The van der Waals surface area contributed by atoms with Crippen molar-refractivity contribution >= 4 is 45.1 Å². The molecular formula is C17H16BrClN2O3. The van der Waals surface area contributed by atoms with Crippen LogP contribution in [0.1, 0.15) is 28.9 Å². The van der Waals surface area contributed by atoms with Crippen LogP contribution in [-0.2, 0) is 9.53 Å². The van der Waals surface area contributed by atoms with Gasteiger partial charge in [-0.15, -0.1) is 0 Å². The topological polar surface area (TPSA) is 81.4 Å². The Morgan fingerprint density at radius 3 is 2.71 bits per heavy atom. The average Bonchev–Trinajstić information content (AvgIpc) is 2.55. The predicted octanol–water partition coefficient (Wildman–Crippen LogP) is 3.72. The van der Waals surface area contributed by atoms with E-state index in [-0.39, 0.29) is 17.3 Å². The van der Waals surface area contributed by atoms with E-state index in [0.717, 1.165) is 10.0 Å². The van der Waals surface area contributed by atoms with Gasteiger partial charge in [0.15, 0.2) is 6.61 Å². The minimum absolute atomic E-state index is 0.133. The lowest BCUT2D eigenvalue weighted by molar-refractivity contribution is -0.124. The number of nitrogen functional groups attached to an aromatic ring is 1. The number of carbonyl (C=O) groups excluding carboxylic acids is 2. The van der Waals surface area contributed by atoms with Gasteiger partial charge in [-0.1, -0.05) is 45.7 Å². The highest BCUT2D eigenvalue weighted by atomic mass is 79.9. The largest absolute Gasteiger partial charge is 0.452 e. The number of anilines is 1. The fourth-order valence-corrected chi connectivity index (χ4v) is 2.90. The summed E-state index contributed by atoms with van der Waals surface area (Å²) in [5, 5.41) is 3.13. The molecule has 1 amide bonds. The van der Waals surface area contributed by atoms with Crippen LogP contribution in [0.5, 0.6) is 0 Å². The van der Waals surface area contributed by atoms with Gasteiger partial charge in [-0.2, -0.15) is 0 Å². The van der Waals surface area contributed by atoms with E-state index >= 15 is 0 Å². The normalized spacial score (nSPS) is 11.6. The zero-order valence-corrected chi connectivity index (χ0v) is 15.2. The fraction of sp³-hybridized carbons (Fsp3) is 0.176. The Morgan fingerprint density at radius 1 is 1.29 bits per heavy atom. The van der Waals surface area contributed by atoms with Crippen molar-refractivity contribution in [3.63, 3.8) is 0 Å². The van der Waals surface area contributed by atoms with Gasteiger partial charge in [-0.25, -0.2) is 4.79 Å². The first kappa shape index (κ1) is 18.3. The molecule has 0 radical (unpaired) electrons. The zero-order chi connectivity index (χ0) is 17.7. The van der Waals surface area contributed by atoms with Gasteiger partial charge < -0.3 is 15.8 Å². The fourth-order valence-electron chi connectivity index (χ4n) is 2.10. The van der Waals surface area contributed by atoms with Crippen molar-refractivity contribution < 1.29 is 14.3 Å². The second kappa shape index (κ2) is 8.17. The maximum Gasteiger partial charge on any atom is 0.340 e. The molecule has 0 heterocycles. The quantitative estimate of drug-likeness (QED) is 0.580. The van der Waals surface area contributed by atoms with Crippen molar-refractivity contribution in [2.45, 2.75) is 13.0 Å². The number of halogens is 2. The van der Waals surface area contributed by atoms with Crippen LogP contribution >= 0.6 is 27.5 Å². The third kappa shape index (κ3) is 4.72. The lowest BCUT2D eigenvalue weighted by Gasteiger charge is -2.16. The molecule has 0 aliphatic heterocycles. The van der Waals surface area contributed by atoms with Crippen LogP contribution in [0.3, 0.4) is 0 Å². The van der Waals surface area contributed by atoms with Gasteiger partial charge in [0.1, 0.15) is 0 Å². The van der Waals surface area contributed by atoms with Crippen molar-refractivity contribution in [1.29, 1.82) is 0 Å². The Hall–Kier alpha value is -2.05. The Balaban J connectivity index is 1.92. The van der Waals surface area contributed by atoms with Gasteiger partial charge in [0, 0.05) is 15.2 Å². The third-order valence-corrected chi connectivity index (χ3v) is 4.28. The number of ether oxygens (including phenoxy) is 1. The highest BCUT2D eigenvalue weighted by Gasteiger charge is 2.16. The number of hydrogen-bond donors (Lipinski definition) is 2. The molecule has 0 spiro atoms. The molecule has 2 rings (SSSR count). The average molecular weight is 412 g/mol. The molecule has 7 heteroatoms. The van der Waals surface area contributed by atoms with Gasteiger partial charge in [0.25, 0.3) is 5.91 Å². The lowest BCUT2D eigenvalue weighted by atomic mass is 10.1.